The molecule has 2 aromatic rings. The number of nitrogens with one attached hydrogen (secondary N) is 1. The summed E-state index contributed by atoms with van der Waals surface area (Å²) in [4.78, 5) is 19.4. The predicted octanol–water partition coefficient (Wildman–Crippen LogP) is 2.18. The number of aryl methyl sites for hydroxylation is 1. The van der Waals surface area contributed by atoms with Gasteiger partial charge in [-0.05, 0) is 25.1 Å². The molecule has 0 saturated heterocycles. The first-order chi connectivity index (χ1) is 8.16. The maximum atomic E-state index is 13.4. The average Bonchev–Trinajstić information content (AvgIpc) is 2.33. The predicted molar refractivity (Wildman–Crippen MR) is 61.1 cm³/mol. The van der Waals surface area contributed by atoms with Gasteiger partial charge in [0.2, 0.25) is 5.95 Å². The number of anilines is 1. The fourth-order valence-corrected chi connectivity index (χ4v) is 1.35. The van der Waals surface area contributed by atoms with E-state index >= 15 is 0 Å². The summed E-state index contributed by atoms with van der Waals surface area (Å²) in [5.74, 6) is -0.972. The van der Waals surface area contributed by atoms with Crippen molar-refractivity contribution in [3.05, 3.63) is 53.6 Å². The Balaban J connectivity index is 2.23. The molecule has 0 aliphatic heterocycles. The Morgan fingerprint density at radius 2 is 2.00 bits per heavy atom. The van der Waals surface area contributed by atoms with Gasteiger partial charge in [-0.2, -0.15) is 0 Å². The molecule has 0 radical (unpaired) electrons. The Hall–Kier alpha value is -2.30. The number of amides is 1. The van der Waals surface area contributed by atoms with Crippen molar-refractivity contribution in [2.45, 2.75) is 6.92 Å². The van der Waals surface area contributed by atoms with E-state index in [-0.39, 0.29) is 11.5 Å². The van der Waals surface area contributed by atoms with Crippen LogP contribution in [0.4, 0.5) is 10.3 Å². The number of hydrogen-bond donors (Lipinski definition) is 1. The van der Waals surface area contributed by atoms with E-state index < -0.39 is 11.7 Å². The van der Waals surface area contributed by atoms with E-state index in [1.807, 2.05) is 0 Å². The van der Waals surface area contributed by atoms with Gasteiger partial charge < -0.3 is 0 Å². The molecular formula is C12H10FN3O. The molecule has 0 aliphatic carbocycles. The van der Waals surface area contributed by atoms with Crippen LogP contribution in [0.2, 0.25) is 0 Å². The van der Waals surface area contributed by atoms with E-state index in [0.717, 1.165) is 5.56 Å². The maximum Gasteiger partial charge on any atom is 0.261 e. The highest BCUT2D eigenvalue weighted by Crippen LogP contribution is 2.11. The molecule has 1 heterocycles. The van der Waals surface area contributed by atoms with E-state index in [2.05, 4.69) is 15.3 Å². The molecule has 0 atom stereocenters. The van der Waals surface area contributed by atoms with E-state index in [1.165, 1.54) is 24.5 Å². The quantitative estimate of drug-likeness (QED) is 0.861. The van der Waals surface area contributed by atoms with Crippen LogP contribution in [0.1, 0.15) is 15.9 Å². The fraction of sp³-hybridized carbons (Fsp3) is 0.0833. The van der Waals surface area contributed by atoms with Gasteiger partial charge >= 0.3 is 0 Å². The third kappa shape index (κ3) is 2.63. The number of benzene rings is 1. The summed E-state index contributed by atoms with van der Waals surface area (Å²) in [6, 6.07) is 5.97. The van der Waals surface area contributed by atoms with Crippen molar-refractivity contribution < 1.29 is 9.18 Å². The van der Waals surface area contributed by atoms with Gasteiger partial charge in [0.05, 0.1) is 5.56 Å². The lowest BCUT2D eigenvalue weighted by Crippen LogP contribution is -2.15. The second-order valence-electron chi connectivity index (χ2n) is 3.51. The summed E-state index contributed by atoms with van der Waals surface area (Å²) in [5.41, 5.74) is 0.794. The zero-order valence-electron chi connectivity index (χ0n) is 9.14. The van der Waals surface area contributed by atoms with Crippen molar-refractivity contribution in [1.29, 1.82) is 0 Å². The van der Waals surface area contributed by atoms with Crippen molar-refractivity contribution in [1.82, 2.24) is 9.97 Å². The Bertz CT molecular complexity index is 543. The highest BCUT2D eigenvalue weighted by Gasteiger charge is 2.12. The van der Waals surface area contributed by atoms with Crippen LogP contribution >= 0.6 is 0 Å². The van der Waals surface area contributed by atoms with E-state index in [0.29, 0.717) is 0 Å². The van der Waals surface area contributed by atoms with Crippen LogP contribution < -0.4 is 5.32 Å². The van der Waals surface area contributed by atoms with Crippen LogP contribution in [0, 0.1) is 12.7 Å². The maximum absolute atomic E-state index is 13.4. The van der Waals surface area contributed by atoms with Crippen LogP contribution in [0.15, 0.2) is 36.7 Å². The van der Waals surface area contributed by atoms with Crippen molar-refractivity contribution >= 4 is 11.9 Å². The molecule has 0 unspecified atom stereocenters. The topological polar surface area (TPSA) is 54.9 Å². The molecule has 1 amide bonds. The molecule has 4 nitrogen and oxygen atoms in total. The Morgan fingerprint density at radius 3 is 2.71 bits per heavy atom. The summed E-state index contributed by atoms with van der Waals surface area (Å²) in [5, 5.41) is 2.43. The van der Waals surface area contributed by atoms with Crippen molar-refractivity contribution in [3.8, 4) is 0 Å². The molecule has 0 fully saturated rings. The Morgan fingerprint density at radius 1 is 1.29 bits per heavy atom. The summed E-state index contributed by atoms with van der Waals surface area (Å²) in [6.07, 6.45) is 2.99. The minimum atomic E-state index is -0.566. The minimum Gasteiger partial charge on any atom is -0.290 e. The lowest BCUT2D eigenvalue weighted by molar-refractivity contribution is 0.102. The second kappa shape index (κ2) is 4.69. The van der Waals surface area contributed by atoms with Gasteiger partial charge in [0.1, 0.15) is 5.82 Å². The van der Waals surface area contributed by atoms with Crippen molar-refractivity contribution in [2.24, 2.45) is 0 Å². The zero-order valence-corrected chi connectivity index (χ0v) is 9.14. The smallest absolute Gasteiger partial charge is 0.261 e. The SMILES string of the molecule is Cc1ccc(F)c(C(=O)Nc2ncccn2)c1. The zero-order chi connectivity index (χ0) is 12.3. The molecule has 0 saturated carbocycles. The first-order valence-electron chi connectivity index (χ1n) is 5.01. The summed E-state index contributed by atoms with van der Waals surface area (Å²) in [6.45, 7) is 1.79. The van der Waals surface area contributed by atoms with Gasteiger partial charge in [-0.15, -0.1) is 0 Å². The third-order valence-corrected chi connectivity index (χ3v) is 2.16. The minimum absolute atomic E-state index is 0.0162. The summed E-state index contributed by atoms with van der Waals surface area (Å²) in [7, 11) is 0. The van der Waals surface area contributed by atoms with Gasteiger partial charge in [0.15, 0.2) is 0 Å². The normalized spacial score (nSPS) is 10.0. The average molecular weight is 231 g/mol. The molecule has 0 bridgehead atoms. The van der Waals surface area contributed by atoms with Crippen LogP contribution in [0.3, 0.4) is 0 Å². The lowest BCUT2D eigenvalue weighted by atomic mass is 10.1. The molecule has 1 aromatic carbocycles. The number of hydrogen-bond acceptors (Lipinski definition) is 3. The largest absolute Gasteiger partial charge is 0.290 e. The third-order valence-electron chi connectivity index (χ3n) is 2.16. The molecule has 17 heavy (non-hydrogen) atoms. The van der Waals surface area contributed by atoms with Gasteiger partial charge in [0.25, 0.3) is 5.91 Å². The van der Waals surface area contributed by atoms with Crippen molar-refractivity contribution in [3.63, 3.8) is 0 Å². The molecule has 1 N–H and O–H groups in total. The Kier molecular flexibility index (Phi) is 3.09. The highest BCUT2D eigenvalue weighted by atomic mass is 19.1. The highest BCUT2D eigenvalue weighted by molar-refractivity contribution is 6.03. The number of carbonyl (C=O) groups excluding carboxylic acids is 1. The standard InChI is InChI=1S/C12H10FN3O/c1-8-3-4-10(13)9(7-8)11(17)16-12-14-5-2-6-15-12/h2-7H,1H3,(H,14,15,16,17). The number of rotatable bonds is 2. The number of halogens is 1. The van der Waals surface area contributed by atoms with E-state index in [4.69, 9.17) is 0 Å². The van der Waals surface area contributed by atoms with Gasteiger partial charge in [-0.25, -0.2) is 14.4 Å². The van der Waals surface area contributed by atoms with E-state index in [1.54, 1.807) is 19.1 Å². The first-order valence-corrected chi connectivity index (χ1v) is 5.01. The monoisotopic (exact) mass is 231 g/mol. The van der Waals surface area contributed by atoms with Crippen LogP contribution in [-0.2, 0) is 0 Å². The summed E-state index contributed by atoms with van der Waals surface area (Å²) < 4.78 is 13.4. The number of aromatic nitrogens is 2. The molecule has 86 valence electrons. The molecule has 2 rings (SSSR count). The molecule has 0 spiro atoms. The molecular weight excluding hydrogens is 221 g/mol. The second-order valence-corrected chi connectivity index (χ2v) is 3.51. The fourth-order valence-electron chi connectivity index (χ4n) is 1.35. The Labute approximate surface area is 97.5 Å². The van der Waals surface area contributed by atoms with Crippen LogP contribution in [0.25, 0.3) is 0 Å². The summed E-state index contributed by atoms with van der Waals surface area (Å²) >= 11 is 0. The molecule has 0 aliphatic rings. The molecule has 1 aromatic heterocycles. The van der Waals surface area contributed by atoms with Gasteiger partial charge in [-0.1, -0.05) is 11.6 Å². The van der Waals surface area contributed by atoms with Gasteiger partial charge in [-0.3, -0.25) is 10.1 Å². The molecule has 5 heteroatoms. The van der Waals surface area contributed by atoms with Crippen LogP contribution in [-0.4, -0.2) is 15.9 Å². The number of carbonyl (C=O) groups is 1. The van der Waals surface area contributed by atoms with Crippen molar-refractivity contribution in [2.75, 3.05) is 5.32 Å². The number of nitrogens with zero attached hydrogens (tertiary/aromatic N) is 2. The lowest BCUT2D eigenvalue weighted by Gasteiger charge is -2.05. The first kappa shape index (κ1) is 11.2. The van der Waals surface area contributed by atoms with Crippen LogP contribution in [0.5, 0.6) is 0 Å². The van der Waals surface area contributed by atoms with Gasteiger partial charge in [0, 0.05) is 12.4 Å². The van der Waals surface area contributed by atoms with E-state index in [9.17, 15) is 9.18 Å².